The van der Waals surface area contributed by atoms with E-state index in [1.807, 2.05) is 12.1 Å². The van der Waals surface area contributed by atoms with Gasteiger partial charge in [-0.15, -0.1) is 0 Å². The van der Waals surface area contributed by atoms with Gasteiger partial charge in [-0.1, -0.05) is 17.7 Å². The van der Waals surface area contributed by atoms with Crippen LogP contribution in [0.5, 0.6) is 0 Å². The maximum absolute atomic E-state index is 9.92. The molecular weight excluding hydrogens is 272 g/mol. The summed E-state index contributed by atoms with van der Waals surface area (Å²) in [5.74, 6) is 0. The Balaban J connectivity index is 1.92. The molecule has 2 aliphatic rings. The van der Waals surface area contributed by atoms with E-state index in [9.17, 15) is 15.3 Å². The van der Waals surface area contributed by atoms with Crippen LogP contribution in [0.2, 0.25) is 5.02 Å². The second kappa shape index (κ2) is 5.01. The summed E-state index contributed by atoms with van der Waals surface area (Å²) in [5, 5.41) is 29.6. The Morgan fingerprint density at radius 1 is 1.16 bits per heavy atom. The first-order valence-corrected chi connectivity index (χ1v) is 6.55. The van der Waals surface area contributed by atoms with Gasteiger partial charge >= 0.3 is 0 Å². The standard InChI is InChI=1S/C13H15ClO5/c14-7-1-2-8-6(5-7)3-4-18-11(8)12-9(15)10(16)13(17)19-12/h1-2,5,9-13,15-17H,3-4H2/t9-,10+,11+,12?,13?/m0/s1. The smallest absolute Gasteiger partial charge is 0.184 e. The molecule has 0 aromatic heterocycles. The maximum atomic E-state index is 9.92. The number of rotatable bonds is 1. The molecule has 1 saturated heterocycles. The van der Waals surface area contributed by atoms with Gasteiger partial charge in [-0.3, -0.25) is 0 Å². The average Bonchev–Trinajstić information content (AvgIpc) is 2.65. The van der Waals surface area contributed by atoms with Crippen molar-refractivity contribution in [2.24, 2.45) is 0 Å². The first-order valence-electron chi connectivity index (χ1n) is 6.17. The van der Waals surface area contributed by atoms with Gasteiger partial charge in [0.1, 0.15) is 24.4 Å². The number of aliphatic hydroxyl groups excluding tert-OH is 3. The van der Waals surface area contributed by atoms with Crippen LogP contribution in [0.4, 0.5) is 0 Å². The SMILES string of the molecule is OC1OC([C@@H]2OCCc3cc(Cl)ccc32)[C@@H](O)[C@H]1O. The lowest BCUT2D eigenvalue weighted by molar-refractivity contribution is -0.158. The molecule has 104 valence electrons. The van der Waals surface area contributed by atoms with E-state index in [2.05, 4.69) is 0 Å². The van der Waals surface area contributed by atoms with Crippen molar-refractivity contribution in [1.29, 1.82) is 0 Å². The molecule has 6 heteroatoms. The molecule has 1 aromatic carbocycles. The Kier molecular flexibility index (Phi) is 3.51. The van der Waals surface area contributed by atoms with Crippen LogP contribution in [0.25, 0.3) is 0 Å². The third kappa shape index (κ3) is 2.27. The predicted octanol–water partition coefficient (Wildman–Crippen LogP) is 0.393. The third-order valence-corrected chi connectivity index (χ3v) is 3.89. The minimum Gasteiger partial charge on any atom is -0.387 e. The summed E-state index contributed by atoms with van der Waals surface area (Å²) in [7, 11) is 0. The first-order chi connectivity index (χ1) is 9.08. The zero-order valence-corrected chi connectivity index (χ0v) is 10.8. The highest BCUT2D eigenvalue weighted by molar-refractivity contribution is 6.30. The number of fused-ring (bicyclic) bond motifs is 1. The quantitative estimate of drug-likeness (QED) is 0.696. The number of hydrogen-bond donors (Lipinski definition) is 3. The van der Waals surface area contributed by atoms with Crippen LogP contribution >= 0.6 is 11.6 Å². The Morgan fingerprint density at radius 2 is 1.95 bits per heavy atom. The molecule has 0 aliphatic carbocycles. The highest BCUT2D eigenvalue weighted by atomic mass is 35.5. The largest absolute Gasteiger partial charge is 0.387 e. The molecule has 2 aliphatic heterocycles. The summed E-state index contributed by atoms with van der Waals surface area (Å²) in [6.45, 7) is 0.483. The van der Waals surface area contributed by atoms with Crippen LogP contribution in [-0.2, 0) is 15.9 Å². The average molecular weight is 287 g/mol. The van der Waals surface area contributed by atoms with Crippen LogP contribution < -0.4 is 0 Å². The van der Waals surface area contributed by atoms with E-state index in [1.54, 1.807) is 6.07 Å². The molecule has 19 heavy (non-hydrogen) atoms. The minimum atomic E-state index is -1.39. The molecule has 5 atom stereocenters. The first kappa shape index (κ1) is 13.3. The predicted molar refractivity (Wildman–Crippen MR) is 66.7 cm³/mol. The number of ether oxygens (including phenoxy) is 2. The van der Waals surface area contributed by atoms with Gasteiger partial charge in [0.15, 0.2) is 6.29 Å². The Morgan fingerprint density at radius 3 is 2.63 bits per heavy atom. The van der Waals surface area contributed by atoms with Crippen molar-refractivity contribution in [1.82, 2.24) is 0 Å². The van der Waals surface area contributed by atoms with Crippen molar-refractivity contribution < 1.29 is 24.8 Å². The van der Waals surface area contributed by atoms with Crippen LogP contribution in [0.15, 0.2) is 18.2 Å². The van der Waals surface area contributed by atoms with Crippen LogP contribution in [0.3, 0.4) is 0 Å². The molecule has 2 unspecified atom stereocenters. The molecule has 3 rings (SSSR count). The number of halogens is 1. The monoisotopic (exact) mass is 286 g/mol. The molecule has 0 saturated carbocycles. The van der Waals surface area contributed by atoms with Gasteiger partial charge in [0.25, 0.3) is 0 Å². The summed E-state index contributed by atoms with van der Waals surface area (Å²) >= 11 is 5.96. The van der Waals surface area contributed by atoms with Crippen LogP contribution in [-0.4, -0.2) is 46.5 Å². The van der Waals surface area contributed by atoms with E-state index >= 15 is 0 Å². The number of benzene rings is 1. The van der Waals surface area contributed by atoms with Gasteiger partial charge < -0.3 is 24.8 Å². The summed E-state index contributed by atoms with van der Waals surface area (Å²) in [4.78, 5) is 0. The molecule has 2 heterocycles. The van der Waals surface area contributed by atoms with Gasteiger partial charge in [-0.25, -0.2) is 0 Å². The van der Waals surface area contributed by atoms with Crippen molar-refractivity contribution >= 4 is 11.6 Å². The lowest BCUT2D eigenvalue weighted by atomic mass is 9.92. The van der Waals surface area contributed by atoms with E-state index in [1.165, 1.54) is 0 Å². The molecule has 1 fully saturated rings. The third-order valence-electron chi connectivity index (χ3n) is 3.65. The second-order valence-corrected chi connectivity index (χ2v) is 5.29. The van der Waals surface area contributed by atoms with Crippen molar-refractivity contribution in [2.45, 2.75) is 37.1 Å². The van der Waals surface area contributed by atoms with E-state index in [0.717, 1.165) is 17.5 Å². The Hall–Kier alpha value is -0.690. The van der Waals surface area contributed by atoms with Crippen molar-refractivity contribution in [3.8, 4) is 0 Å². The van der Waals surface area contributed by atoms with Gasteiger partial charge in [0.2, 0.25) is 0 Å². The molecule has 0 radical (unpaired) electrons. The normalized spacial score (nSPS) is 38.2. The molecule has 3 N–H and O–H groups in total. The molecule has 0 amide bonds. The summed E-state index contributed by atoms with van der Waals surface area (Å²) in [6.07, 6.45) is -4.44. The van der Waals surface area contributed by atoms with Gasteiger partial charge in [-0.05, 0) is 29.7 Å². The van der Waals surface area contributed by atoms with E-state index in [4.69, 9.17) is 21.1 Å². The molecule has 1 aromatic rings. The summed E-state index contributed by atoms with van der Waals surface area (Å²) < 4.78 is 10.9. The van der Waals surface area contributed by atoms with Gasteiger partial charge in [0.05, 0.1) is 6.61 Å². The highest BCUT2D eigenvalue weighted by Crippen LogP contribution is 2.37. The van der Waals surface area contributed by atoms with Crippen LogP contribution in [0, 0.1) is 0 Å². The number of aliphatic hydroxyl groups is 3. The van der Waals surface area contributed by atoms with Crippen molar-refractivity contribution in [2.75, 3.05) is 6.61 Å². The summed E-state index contributed by atoms with van der Waals surface area (Å²) in [5.41, 5.74) is 1.91. The van der Waals surface area contributed by atoms with E-state index in [-0.39, 0.29) is 0 Å². The van der Waals surface area contributed by atoms with Crippen molar-refractivity contribution in [3.63, 3.8) is 0 Å². The van der Waals surface area contributed by atoms with Gasteiger partial charge in [-0.2, -0.15) is 0 Å². The van der Waals surface area contributed by atoms with Gasteiger partial charge in [0, 0.05) is 5.02 Å². The molecular formula is C13H15ClO5. The molecule has 5 nitrogen and oxygen atoms in total. The molecule has 0 bridgehead atoms. The second-order valence-electron chi connectivity index (χ2n) is 4.86. The Labute approximate surface area is 115 Å². The maximum Gasteiger partial charge on any atom is 0.184 e. The zero-order chi connectivity index (χ0) is 13.6. The fourth-order valence-electron chi connectivity index (χ4n) is 2.66. The van der Waals surface area contributed by atoms with Crippen molar-refractivity contribution in [3.05, 3.63) is 34.3 Å². The molecule has 0 spiro atoms. The lowest BCUT2D eigenvalue weighted by Gasteiger charge is -2.31. The highest BCUT2D eigenvalue weighted by Gasteiger charge is 2.47. The number of hydrogen-bond acceptors (Lipinski definition) is 5. The van der Waals surface area contributed by atoms with Crippen LogP contribution in [0.1, 0.15) is 17.2 Å². The summed E-state index contributed by atoms with van der Waals surface area (Å²) in [6, 6.07) is 5.44. The zero-order valence-electron chi connectivity index (χ0n) is 10.1. The fraction of sp³-hybridized carbons (Fsp3) is 0.538. The topological polar surface area (TPSA) is 79.2 Å². The van der Waals surface area contributed by atoms with E-state index in [0.29, 0.717) is 11.6 Å². The Bertz CT molecular complexity index is 480. The lowest BCUT2D eigenvalue weighted by Crippen LogP contribution is -2.37. The fourth-order valence-corrected chi connectivity index (χ4v) is 2.86. The van der Waals surface area contributed by atoms with E-state index < -0.39 is 30.7 Å². The minimum absolute atomic E-state index is 0.483.